The Labute approximate surface area is 71.0 Å². The number of hydrogen-bond donors (Lipinski definition) is 0. The molecule has 0 radical (unpaired) electrons. The van der Waals surface area contributed by atoms with Gasteiger partial charge in [-0.15, -0.1) is 18.2 Å². The Kier molecular flexibility index (Phi) is 3.06. The number of thioether (sulfide) groups is 1. The molecule has 0 N–H and O–H groups in total. The molecule has 0 saturated carbocycles. The molecule has 1 heterocycles. The fourth-order valence-corrected chi connectivity index (χ4v) is 1.47. The molecule has 11 heavy (non-hydrogen) atoms. The lowest BCUT2D eigenvalue weighted by Gasteiger charge is -1.97. The molecule has 0 spiro atoms. The molecule has 2 nitrogen and oxygen atoms in total. The fraction of sp³-hybridized carbons (Fsp3) is 0.375. The van der Waals surface area contributed by atoms with Crippen molar-refractivity contribution in [3.05, 3.63) is 18.0 Å². The highest BCUT2D eigenvalue weighted by Gasteiger charge is 1.95. The van der Waals surface area contributed by atoms with E-state index >= 15 is 0 Å². The van der Waals surface area contributed by atoms with Gasteiger partial charge in [0.1, 0.15) is 0 Å². The molecule has 3 heteroatoms. The number of hydrogen-bond acceptors (Lipinski definition) is 2. The smallest absolute Gasteiger partial charge is 0.0548 e. The van der Waals surface area contributed by atoms with Gasteiger partial charge in [0.15, 0.2) is 0 Å². The molecule has 1 rings (SSSR count). The van der Waals surface area contributed by atoms with Crippen LogP contribution in [0, 0.1) is 12.3 Å². The molecule has 0 saturated heterocycles. The summed E-state index contributed by atoms with van der Waals surface area (Å²) in [5.41, 5.74) is 1.21. The Morgan fingerprint density at radius 3 is 3.18 bits per heavy atom. The highest BCUT2D eigenvalue weighted by molar-refractivity contribution is 7.98. The van der Waals surface area contributed by atoms with E-state index in [1.807, 2.05) is 17.8 Å². The van der Waals surface area contributed by atoms with E-state index in [2.05, 4.69) is 11.0 Å². The highest BCUT2D eigenvalue weighted by Crippen LogP contribution is 2.09. The van der Waals surface area contributed by atoms with Crippen molar-refractivity contribution in [3.8, 4) is 12.3 Å². The van der Waals surface area contributed by atoms with Crippen LogP contribution in [0.15, 0.2) is 12.3 Å². The average molecular weight is 166 g/mol. The van der Waals surface area contributed by atoms with E-state index in [0.717, 1.165) is 11.5 Å². The number of aryl methyl sites for hydroxylation is 1. The third-order valence-corrected chi connectivity index (χ3v) is 2.23. The molecular weight excluding hydrogens is 156 g/mol. The van der Waals surface area contributed by atoms with Gasteiger partial charge in [0.05, 0.1) is 5.75 Å². The minimum atomic E-state index is 0.769. The van der Waals surface area contributed by atoms with Gasteiger partial charge < -0.3 is 0 Å². The number of nitrogens with zero attached hydrogens (tertiary/aromatic N) is 2. The van der Waals surface area contributed by atoms with Gasteiger partial charge in [0, 0.05) is 24.7 Å². The summed E-state index contributed by atoms with van der Waals surface area (Å²) in [6, 6.07) is 2.00. The van der Waals surface area contributed by atoms with E-state index in [-0.39, 0.29) is 0 Å². The Hall–Kier alpha value is -0.880. The summed E-state index contributed by atoms with van der Waals surface area (Å²) in [7, 11) is 1.94. The Morgan fingerprint density at radius 1 is 1.82 bits per heavy atom. The second-order valence-electron chi connectivity index (χ2n) is 2.14. The summed E-state index contributed by atoms with van der Waals surface area (Å²) < 4.78 is 1.86. The monoisotopic (exact) mass is 166 g/mol. The number of terminal acetylenes is 1. The first-order valence-electron chi connectivity index (χ1n) is 3.32. The van der Waals surface area contributed by atoms with Gasteiger partial charge in [-0.2, -0.15) is 5.10 Å². The van der Waals surface area contributed by atoms with Gasteiger partial charge >= 0.3 is 0 Å². The minimum Gasteiger partial charge on any atom is -0.272 e. The molecule has 0 aromatic carbocycles. The molecule has 0 atom stereocenters. The summed E-state index contributed by atoms with van der Waals surface area (Å²) in [6.07, 6.45) is 6.91. The first-order chi connectivity index (χ1) is 5.34. The van der Waals surface area contributed by atoms with Crippen LogP contribution < -0.4 is 0 Å². The van der Waals surface area contributed by atoms with Gasteiger partial charge in [0.2, 0.25) is 0 Å². The molecule has 0 bridgehead atoms. The largest absolute Gasteiger partial charge is 0.272 e. The predicted octanol–water partition coefficient (Wildman–Crippen LogP) is 1.29. The molecular formula is C8H10N2S. The molecule has 58 valence electrons. The van der Waals surface area contributed by atoms with E-state index in [1.165, 1.54) is 5.69 Å². The molecule has 0 amide bonds. The van der Waals surface area contributed by atoms with Crippen molar-refractivity contribution in [1.82, 2.24) is 9.78 Å². The summed E-state index contributed by atoms with van der Waals surface area (Å²) >= 11 is 1.73. The maximum atomic E-state index is 5.11. The fourth-order valence-electron chi connectivity index (χ4n) is 0.757. The first kappa shape index (κ1) is 8.22. The molecule has 0 aliphatic carbocycles. The van der Waals surface area contributed by atoms with Crippen LogP contribution in [0.25, 0.3) is 0 Å². The SMILES string of the molecule is C#CCSCc1ccnn1C. The normalized spacial score (nSPS) is 9.45. The standard InChI is InChI=1S/C8H10N2S/c1-3-6-11-7-8-4-5-9-10(8)2/h1,4-5H,6-7H2,2H3. The topological polar surface area (TPSA) is 17.8 Å². The zero-order valence-corrected chi connectivity index (χ0v) is 7.27. The Balaban J connectivity index is 2.40. The van der Waals surface area contributed by atoms with E-state index in [1.54, 1.807) is 18.0 Å². The van der Waals surface area contributed by atoms with Gasteiger partial charge in [-0.1, -0.05) is 5.92 Å². The predicted molar refractivity (Wildman–Crippen MR) is 48.2 cm³/mol. The van der Waals surface area contributed by atoms with E-state index in [4.69, 9.17) is 6.42 Å². The molecule has 1 aromatic rings. The van der Waals surface area contributed by atoms with Crippen LogP contribution in [-0.2, 0) is 12.8 Å². The zero-order valence-electron chi connectivity index (χ0n) is 6.45. The van der Waals surface area contributed by atoms with Crippen molar-refractivity contribution < 1.29 is 0 Å². The maximum Gasteiger partial charge on any atom is 0.0548 e. The van der Waals surface area contributed by atoms with Crippen molar-refractivity contribution in [3.63, 3.8) is 0 Å². The van der Waals surface area contributed by atoms with Crippen molar-refractivity contribution >= 4 is 11.8 Å². The number of rotatable bonds is 3. The molecule has 0 aliphatic rings. The third-order valence-electron chi connectivity index (χ3n) is 1.36. The zero-order chi connectivity index (χ0) is 8.10. The lowest BCUT2D eigenvalue weighted by Crippen LogP contribution is -1.95. The van der Waals surface area contributed by atoms with E-state index in [9.17, 15) is 0 Å². The molecule has 0 unspecified atom stereocenters. The summed E-state index contributed by atoms with van der Waals surface area (Å²) in [4.78, 5) is 0. The second-order valence-corrected chi connectivity index (χ2v) is 3.13. The minimum absolute atomic E-state index is 0.769. The van der Waals surface area contributed by atoms with Crippen LogP contribution in [0.2, 0.25) is 0 Å². The van der Waals surface area contributed by atoms with Crippen molar-refractivity contribution in [1.29, 1.82) is 0 Å². The van der Waals surface area contributed by atoms with Crippen molar-refractivity contribution in [2.75, 3.05) is 5.75 Å². The van der Waals surface area contributed by atoms with Crippen molar-refractivity contribution in [2.45, 2.75) is 5.75 Å². The molecule has 0 aliphatic heterocycles. The third kappa shape index (κ3) is 2.32. The van der Waals surface area contributed by atoms with E-state index in [0.29, 0.717) is 0 Å². The van der Waals surface area contributed by atoms with Crippen LogP contribution in [0.4, 0.5) is 0 Å². The van der Waals surface area contributed by atoms with Gasteiger partial charge in [0.25, 0.3) is 0 Å². The highest BCUT2D eigenvalue weighted by atomic mass is 32.2. The molecule has 1 aromatic heterocycles. The van der Waals surface area contributed by atoms with Gasteiger partial charge in [-0.25, -0.2) is 0 Å². The summed E-state index contributed by atoms with van der Waals surface area (Å²) in [5, 5.41) is 4.05. The quantitative estimate of drug-likeness (QED) is 0.497. The Bertz CT molecular complexity index is 259. The van der Waals surface area contributed by atoms with Gasteiger partial charge in [-0.3, -0.25) is 4.68 Å². The van der Waals surface area contributed by atoms with Gasteiger partial charge in [-0.05, 0) is 6.07 Å². The van der Waals surface area contributed by atoms with E-state index < -0.39 is 0 Å². The number of aromatic nitrogens is 2. The van der Waals surface area contributed by atoms with Crippen molar-refractivity contribution in [2.24, 2.45) is 7.05 Å². The van der Waals surface area contributed by atoms with Crippen LogP contribution in [0.5, 0.6) is 0 Å². The second kappa shape index (κ2) is 4.09. The van der Waals surface area contributed by atoms with Crippen LogP contribution in [-0.4, -0.2) is 15.5 Å². The summed E-state index contributed by atoms with van der Waals surface area (Å²) in [6.45, 7) is 0. The summed E-state index contributed by atoms with van der Waals surface area (Å²) in [5.74, 6) is 4.30. The van der Waals surface area contributed by atoms with Crippen LogP contribution in [0.1, 0.15) is 5.69 Å². The lowest BCUT2D eigenvalue weighted by molar-refractivity contribution is 0.736. The Morgan fingerprint density at radius 2 is 2.64 bits per heavy atom. The molecule has 0 fully saturated rings. The van der Waals surface area contributed by atoms with Crippen LogP contribution >= 0.6 is 11.8 Å². The van der Waals surface area contributed by atoms with Crippen LogP contribution in [0.3, 0.4) is 0 Å². The maximum absolute atomic E-state index is 5.11. The first-order valence-corrected chi connectivity index (χ1v) is 4.48. The average Bonchev–Trinajstić information content (AvgIpc) is 2.37. The lowest BCUT2D eigenvalue weighted by atomic mass is 10.5.